The van der Waals surface area contributed by atoms with E-state index in [1.165, 1.54) is 0 Å². The molecule has 0 bridgehead atoms. The number of carbonyl (C=O) groups excluding carboxylic acids is 1. The van der Waals surface area contributed by atoms with Crippen LogP contribution in [0.4, 0.5) is 0 Å². The lowest BCUT2D eigenvalue weighted by Gasteiger charge is -2.11. The van der Waals surface area contributed by atoms with Crippen LogP contribution in [0.1, 0.15) is 26.7 Å². The molecule has 0 aromatic carbocycles. The Kier molecular flexibility index (Phi) is 4.73. The molecule has 0 heterocycles. The highest BCUT2D eigenvalue weighted by Crippen LogP contribution is 2.09. The van der Waals surface area contributed by atoms with Crippen molar-refractivity contribution < 1.29 is 4.79 Å². The largest absolute Gasteiger partial charge is 0.321 e. The molecule has 0 aliphatic rings. The Morgan fingerprint density at radius 1 is 1.70 bits per heavy atom. The molecule has 0 aromatic heterocycles. The van der Waals surface area contributed by atoms with E-state index in [-0.39, 0.29) is 11.2 Å². The predicted molar refractivity (Wildman–Crippen MR) is 46.0 cm³/mol. The fourth-order valence-electron chi connectivity index (χ4n) is 0.701. The molecule has 0 rings (SSSR count). The second-order valence-corrected chi connectivity index (χ2v) is 3.13. The zero-order chi connectivity index (χ0) is 8.15. The van der Waals surface area contributed by atoms with Crippen molar-refractivity contribution in [3.8, 4) is 0 Å². The van der Waals surface area contributed by atoms with Gasteiger partial charge in [-0.15, -0.1) is 12.6 Å². The molecule has 60 valence electrons. The third kappa shape index (κ3) is 3.90. The van der Waals surface area contributed by atoms with Crippen molar-refractivity contribution in [2.75, 3.05) is 0 Å². The molecule has 3 heteroatoms. The van der Waals surface area contributed by atoms with Gasteiger partial charge in [0, 0.05) is 0 Å². The monoisotopic (exact) mass is 161 g/mol. The lowest BCUT2D eigenvalue weighted by Crippen LogP contribution is -2.28. The van der Waals surface area contributed by atoms with E-state index < -0.39 is 0 Å². The van der Waals surface area contributed by atoms with Gasteiger partial charge < -0.3 is 5.73 Å². The molecule has 0 aliphatic heterocycles. The maximum Gasteiger partial charge on any atom is 0.202 e. The van der Waals surface area contributed by atoms with E-state index in [2.05, 4.69) is 26.5 Å². The summed E-state index contributed by atoms with van der Waals surface area (Å²) in [6.07, 6.45) is 1.81. The summed E-state index contributed by atoms with van der Waals surface area (Å²) in [5.74, 6) is 0.520. The van der Waals surface area contributed by atoms with Crippen LogP contribution in [0.25, 0.3) is 0 Å². The van der Waals surface area contributed by atoms with Gasteiger partial charge in [-0.3, -0.25) is 4.79 Å². The Balaban J connectivity index is 3.56. The third-order valence-electron chi connectivity index (χ3n) is 1.67. The molecule has 0 spiro atoms. The highest BCUT2D eigenvalue weighted by molar-refractivity contribution is 7.96. The van der Waals surface area contributed by atoms with E-state index in [0.717, 1.165) is 12.8 Å². The Bertz CT molecular complexity index is 116. The molecule has 2 unspecified atom stereocenters. The molecular formula is C7H15NOS. The minimum atomic E-state index is -0.377. The summed E-state index contributed by atoms with van der Waals surface area (Å²) < 4.78 is 0. The van der Waals surface area contributed by atoms with Gasteiger partial charge in [0.1, 0.15) is 0 Å². The number of rotatable bonds is 4. The lowest BCUT2D eigenvalue weighted by molar-refractivity contribution is -0.112. The first-order valence-electron chi connectivity index (χ1n) is 3.56. The van der Waals surface area contributed by atoms with E-state index in [1.54, 1.807) is 0 Å². The molecule has 0 saturated heterocycles. The molecule has 0 radical (unpaired) electrons. The second kappa shape index (κ2) is 4.74. The quantitative estimate of drug-likeness (QED) is 0.609. The Labute approximate surface area is 67.6 Å². The first-order valence-corrected chi connectivity index (χ1v) is 4.01. The van der Waals surface area contributed by atoms with Crippen LogP contribution < -0.4 is 5.73 Å². The predicted octanol–water partition coefficient (Wildman–Crippen LogP) is 1.21. The number of carbonyl (C=O) groups is 1. The van der Waals surface area contributed by atoms with Crippen LogP contribution in [-0.4, -0.2) is 11.2 Å². The van der Waals surface area contributed by atoms with Crippen molar-refractivity contribution in [1.29, 1.82) is 0 Å². The van der Waals surface area contributed by atoms with Crippen LogP contribution in [0.15, 0.2) is 0 Å². The highest BCUT2D eigenvalue weighted by Gasteiger charge is 2.11. The molecule has 0 aliphatic carbocycles. The van der Waals surface area contributed by atoms with Crippen LogP contribution in [0, 0.1) is 5.92 Å². The first-order chi connectivity index (χ1) is 4.57. The summed E-state index contributed by atoms with van der Waals surface area (Å²) in [4.78, 5) is 10.5. The van der Waals surface area contributed by atoms with Crippen LogP contribution in [-0.2, 0) is 4.79 Å². The van der Waals surface area contributed by atoms with Gasteiger partial charge in [-0.25, -0.2) is 0 Å². The van der Waals surface area contributed by atoms with Crippen LogP contribution in [0.5, 0.6) is 0 Å². The SMILES string of the molecule is CCC(C)CC(N)C(=O)S. The summed E-state index contributed by atoms with van der Waals surface area (Å²) in [5.41, 5.74) is 5.47. The van der Waals surface area contributed by atoms with E-state index in [9.17, 15) is 4.79 Å². The maximum atomic E-state index is 10.5. The Morgan fingerprint density at radius 3 is 2.50 bits per heavy atom. The Hall–Kier alpha value is -0.0200. The minimum absolute atomic E-state index is 0.208. The lowest BCUT2D eigenvalue weighted by atomic mass is 10.0. The fourth-order valence-corrected chi connectivity index (χ4v) is 0.806. The summed E-state index contributed by atoms with van der Waals surface area (Å²) in [6, 6.07) is -0.377. The van der Waals surface area contributed by atoms with Crippen molar-refractivity contribution in [1.82, 2.24) is 0 Å². The van der Waals surface area contributed by atoms with Gasteiger partial charge in [0.05, 0.1) is 6.04 Å². The Morgan fingerprint density at radius 2 is 2.20 bits per heavy atom. The molecule has 2 nitrogen and oxygen atoms in total. The summed E-state index contributed by atoms with van der Waals surface area (Å²) in [5, 5.41) is -0.208. The van der Waals surface area contributed by atoms with Crippen molar-refractivity contribution in [2.45, 2.75) is 32.7 Å². The number of hydrogen-bond donors (Lipinski definition) is 2. The third-order valence-corrected chi connectivity index (χ3v) is 2.00. The van der Waals surface area contributed by atoms with E-state index in [4.69, 9.17) is 5.73 Å². The molecule has 2 N–H and O–H groups in total. The van der Waals surface area contributed by atoms with Crippen molar-refractivity contribution in [3.63, 3.8) is 0 Å². The van der Waals surface area contributed by atoms with E-state index in [0.29, 0.717) is 5.92 Å². The van der Waals surface area contributed by atoms with Gasteiger partial charge in [0.2, 0.25) is 5.12 Å². The molecule has 0 fully saturated rings. The van der Waals surface area contributed by atoms with Gasteiger partial charge in [-0.2, -0.15) is 0 Å². The average Bonchev–Trinajstić information content (AvgIpc) is 1.87. The van der Waals surface area contributed by atoms with Gasteiger partial charge in [0.15, 0.2) is 0 Å². The zero-order valence-electron chi connectivity index (χ0n) is 6.50. The fraction of sp³-hybridized carbons (Fsp3) is 0.857. The first kappa shape index (κ1) is 9.98. The minimum Gasteiger partial charge on any atom is -0.321 e. The smallest absolute Gasteiger partial charge is 0.202 e. The molecule has 10 heavy (non-hydrogen) atoms. The molecule has 0 amide bonds. The molecule has 0 aromatic rings. The number of hydrogen-bond acceptors (Lipinski definition) is 2. The van der Waals surface area contributed by atoms with E-state index >= 15 is 0 Å². The standard InChI is InChI=1S/C7H15NOS/c1-3-5(2)4-6(8)7(9)10/h5-6H,3-4,8H2,1-2H3,(H,9,10). The average molecular weight is 161 g/mol. The summed E-state index contributed by atoms with van der Waals surface area (Å²) >= 11 is 3.64. The van der Waals surface area contributed by atoms with Crippen LogP contribution >= 0.6 is 12.6 Å². The topological polar surface area (TPSA) is 43.1 Å². The summed E-state index contributed by atoms with van der Waals surface area (Å²) in [6.45, 7) is 4.16. The normalized spacial score (nSPS) is 16.4. The number of thiol groups is 1. The zero-order valence-corrected chi connectivity index (χ0v) is 7.40. The molecular weight excluding hydrogens is 146 g/mol. The molecule has 2 atom stereocenters. The maximum absolute atomic E-state index is 10.5. The second-order valence-electron chi connectivity index (χ2n) is 2.69. The molecule has 0 saturated carbocycles. The van der Waals surface area contributed by atoms with Crippen molar-refractivity contribution in [2.24, 2.45) is 11.7 Å². The van der Waals surface area contributed by atoms with Crippen molar-refractivity contribution in [3.05, 3.63) is 0 Å². The summed E-state index contributed by atoms with van der Waals surface area (Å²) in [7, 11) is 0. The van der Waals surface area contributed by atoms with Gasteiger partial charge in [0.25, 0.3) is 0 Å². The van der Waals surface area contributed by atoms with E-state index in [1.807, 2.05) is 0 Å². The van der Waals surface area contributed by atoms with Crippen LogP contribution in [0.3, 0.4) is 0 Å². The van der Waals surface area contributed by atoms with Gasteiger partial charge in [-0.05, 0) is 12.3 Å². The highest BCUT2D eigenvalue weighted by atomic mass is 32.1. The van der Waals surface area contributed by atoms with Crippen LogP contribution in [0.2, 0.25) is 0 Å². The van der Waals surface area contributed by atoms with Crippen molar-refractivity contribution >= 4 is 17.7 Å². The van der Waals surface area contributed by atoms with Gasteiger partial charge >= 0.3 is 0 Å². The number of nitrogens with two attached hydrogens (primary N) is 1. The van der Waals surface area contributed by atoms with Gasteiger partial charge in [-0.1, -0.05) is 20.3 Å².